The molecular formula is C20H16N2O4S2. The van der Waals surface area contributed by atoms with Crippen LogP contribution in [0.2, 0.25) is 0 Å². The molecule has 0 unspecified atom stereocenters. The molecule has 0 aliphatic carbocycles. The summed E-state index contributed by atoms with van der Waals surface area (Å²) in [6, 6.07) is 13.8. The summed E-state index contributed by atoms with van der Waals surface area (Å²) < 4.78 is 5.21. The summed E-state index contributed by atoms with van der Waals surface area (Å²) in [7, 11) is 1.38. The molecule has 142 valence electrons. The first-order valence-corrected chi connectivity index (χ1v) is 9.39. The predicted octanol–water partition coefficient (Wildman–Crippen LogP) is 3.50. The van der Waals surface area contributed by atoms with E-state index in [1.54, 1.807) is 12.2 Å². The smallest absolute Gasteiger partial charge is 0.285 e. The number of aromatic hydroxyl groups is 1. The van der Waals surface area contributed by atoms with Crippen LogP contribution in [-0.4, -0.2) is 33.4 Å². The molecule has 2 aromatic carbocycles. The first kappa shape index (κ1) is 19.7. The summed E-state index contributed by atoms with van der Waals surface area (Å²) in [5.74, 6) is -0.885. The minimum atomic E-state index is -0.546. The molecular weight excluding hydrogens is 396 g/mol. The Morgan fingerprint density at radius 2 is 2.00 bits per heavy atom. The summed E-state index contributed by atoms with van der Waals surface area (Å²) in [6.07, 6.45) is 5.28. The minimum absolute atomic E-state index is 0.0854. The van der Waals surface area contributed by atoms with Gasteiger partial charge >= 0.3 is 0 Å². The molecule has 1 aliphatic heterocycles. The molecule has 1 saturated heterocycles. The van der Waals surface area contributed by atoms with Gasteiger partial charge in [-0.15, -0.1) is 0 Å². The number of carbonyl (C=O) groups is 2. The Labute approximate surface area is 171 Å². The van der Waals surface area contributed by atoms with Crippen molar-refractivity contribution >= 4 is 46.2 Å². The quantitative estimate of drug-likeness (QED) is 0.578. The zero-order chi connectivity index (χ0) is 20.1. The summed E-state index contributed by atoms with van der Waals surface area (Å²) in [5.41, 5.74) is 3.71. The van der Waals surface area contributed by atoms with Crippen LogP contribution in [0.5, 0.6) is 11.5 Å². The van der Waals surface area contributed by atoms with Gasteiger partial charge in [0.2, 0.25) is 0 Å². The molecule has 6 nitrogen and oxygen atoms in total. The fourth-order valence-electron chi connectivity index (χ4n) is 2.37. The Morgan fingerprint density at radius 3 is 2.71 bits per heavy atom. The second kappa shape index (κ2) is 8.73. The summed E-state index contributed by atoms with van der Waals surface area (Å²) >= 11 is 6.30. The SMILES string of the molecule is COc1cc(C(=O)NN2C(=O)/C(=C/C=C/c3ccccc3)SC2=S)ccc1O. The number of phenolic OH excluding ortho intramolecular Hbond substituents is 1. The van der Waals surface area contributed by atoms with Gasteiger partial charge in [0.05, 0.1) is 12.0 Å². The molecule has 2 amide bonds. The Bertz CT molecular complexity index is 987. The van der Waals surface area contributed by atoms with Crippen LogP contribution in [0.1, 0.15) is 15.9 Å². The van der Waals surface area contributed by atoms with Crippen LogP contribution >= 0.6 is 24.0 Å². The number of ether oxygens (including phenoxy) is 1. The number of carbonyl (C=O) groups excluding carboxylic acids is 2. The van der Waals surface area contributed by atoms with Crippen molar-refractivity contribution in [3.05, 3.63) is 76.7 Å². The maximum Gasteiger partial charge on any atom is 0.285 e. The molecule has 1 aliphatic rings. The number of rotatable bonds is 5. The van der Waals surface area contributed by atoms with Crippen LogP contribution in [0.4, 0.5) is 0 Å². The number of phenols is 1. The van der Waals surface area contributed by atoms with Gasteiger partial charge in [-0.1, -0.05) is 54.2 Å². The number of hydrazine groups is 1. The van der Waals surface area contributed by atoms with E-state index in [1.165, 1.54) is 25.3 Å². The highest BCUT2D eigenvalue weighted by atomic mass is 32.2. The molecule has 0 saturated carbocycles. The third kappa shape index (κ3) is 4.41. The van der Waals surface area contributed by atoms with Crippen molar-refractivity contribution in [2.24, 2.45) is 0 Å². The maximum atomic E-state index is 12.5. The Hall–Kier alpha value is -3.10. The fourth-order valence-corrected chi connectivity index (χ4v) is 3.50. The molecule has 2 N–H and O–H groups in total. The van der Waals surface area contributed by atoms with E-state index >= 15 is 0 Å². The standard InChI is InChI=1S/C20H16N2O4S2/c1-26-16-12-14(10-11-15(16)23)18(24)21-22-19(25)17(28-20(22)27)9-5-8-13-6-3-2-4-7-13/h2-12,23H,1H3,(H,21,24)/b8-5+,17-9-. The lowest BCUT2D eigenvalue weighted by atomic mass is 10.2. The number of thioether (sulfide) groups is 1. The normalized spacial score (nSPS) is 15.5. The number of amides is 2. The van der Waals surface area contributed by atoms with Crippen LogP contribution in [0, 0.1) is 0 Å². The van der Waals surface area contributed by atoms with E-state index in [9.17, 15) is 14.7 Å². The van der Waals surface area contributed by atoms with Crippen molar-refractivity contribution in [2.75, 3.05) is 7.11 Å². The van der Waals surface area contributed by atoms with Gasteiger partial charge in [-0.3, -0.25) is 15.0 Å². The van der Waals surface area contributed by atoms with E-state index in [1.807, 2.05) is 36.4 Å². The molecule has 1 heterocycles. The van der Waals surface area contributed by atoms with Crippen LogP contribution in [0.3, 0.4) is 0 Å². The number of benzene rings is 2. The van der Waals surface area contributed by atoms with Gasteiger partial charge in [0.25, 0.3) is 11.8 Å². The monoisotopic (exact) mass is 412 g/mol. The molecule has 2 aromatic rings. The topological polar surface area (TPSA) is 78.9 Å². The minimum Gasteiger partial charge on any atom is -0.504 e. The summed E-state index contributed by atoms with van der Waals surface area (Å²) in [4.78, 5) is 25.4. The number of nitrogens with one attached hydrogen (secondary N) is 1. The van der Waals surface area contributed by atoms with Crippen LogP contribution in [0.15, 0.2) is 65.6 Å². The molecule has 3 rings (SSSR count). The molecule has 0 bridgehead atoms. The average molecular weight is 412 g/mol. The third-order valence-electron chi connectivity index (χ3n) is 3.78. The fraction of sp³-hybridized carbons (Fsp3) is 0.0500. The largest absolute Gasteiger partial charge is 0.504 e. The number of allylic oxidation sites excluding steroid dienone is 2. The summed E-state index contributed by atoms with van der Waals surface area (Å²) in [6.45, 7) is 0. The highest BCUT2D eigenvalue weighted by Crippen LogP contribution is 2.30. The van der Waals surface area contributed by atoms with E-state index in [-0.39, 0.29) is 21.4 Å². The zero-order valence-electron chi connectivity index (χ0n) is 14.8. The molecule has 0 atom stereocenters. The third-order valence-corrected chi connectivity index (χ3v) is 5.11. The Balaban J connectivity index is 1.70. The van der Waals surface area contributed by atoms with Gasteiger partial charge in [-0.05, 0) is 42.1 Å². The maximum absolute atomic E-state index is 12.5. The molecule has 1 fully saturated rings. The molecule has 0 radical (unpaired) electrons. The molecule has 28 heavy (non-hydrogen) atoms. The zero-order valence-corrected chi connectivity index (χ0v) is 16.4. The van der Waals surface area contributed by atoms with Crippen LogP contribution in [0.25, 0.3) is 6.08 Å². The van der Waals surface area contributed by atoms with Gasteiger partial charge in [0, 0.05) is 5.56 Å². The number of methoxy groups -OCH3 is 1. The van der Waals surface area contributed by atoms with E-state index in [0.29, 0.717) is 4.91 Å². The van der Waals surface area contributed by atoms with Crippen LogP contribution < -0.4 is 10.2 Å². The highest BCUT2D eigenvalue weighted by Gasteiger charge is 2.33. The Kier molecular flexibility index (Phi) is 6.13. The van der Waals surface area contributed by atoms with Gasteiger partial charge in [-0.25, -0.2) is 0 Å². The summed E-state index contributed by atoms with van der Waals surface area (Å²) in [5, 5.41) is 10.7. The van der Waals surface area contributed by atoms with E-state index in [2.05, 4.69) is 5.43 Å². The lowest BCUT2D eigenvalue weighted by Gasteiger charge is -2.16. The van der Waals surface area contributed by atoms with Crippen molar-refractivity contribution in [3.8, 4) is 11.5 Å². The lowest BCUT2D eigenvalue weighted by Crippen LogP contribution is -2.44. The first-order valence-electron chi connectivity index (χ1n) is 8.17. The number of hydrogen-bond acceptors (Lipinski definition) is 6. The van der Waals surface area contributed by atoms with Gasteiger partial charge in [-0.2, -0.15) is 5.01 Å². The Morgan fingerprint density at radius 1 is 1.25 bits per heavy atom. The van der Waals surface area contributed by atoms with Gasteiger partial charge in [0.1, 0.15) is 0 Å². The van der Waals surface area contributed by atoms with Gasteiger partial charge < -0.3 is 9.84 Å². The van der Waals surface area contributed by atoms with Crippen molar-refractivity contribution in [1.82, 2.24) is 10.4 Å². The number of hydrogen-bond donors (Lipinski definition) is 2. The van der Waals surface area contributed by atoms with E-state index < -0.39 is 11.8 Å². The molecule has 8 heteroatoms. The predicted molar refractivity (Wildman–Crippen MR) is 113 cm³/mol. The lowest BCUT2D eigenvalue weighted by molar-refractivity contribution is -0.123. The molecule has 0 aromatic heterocycles. The molecule has 0 spiro atoms. The van der Waals surface area contributed by atoms with E-state index in [0.717, 1.165) is 22.3 Å². The van der Waals surface area contributed by atoms with E-state index in [4.69, 9.17) is 17.0 Å². The number of thiocarbonyl (C=S) groups is 1. The average Bonchev–Trinajstić information content (AvgIpc) is 2.96. The van der Waals surface area contributed by atoms with Gasteiger partial charge in [0.15, 0.2) is 15.8 Å². The first-order chi connectivity index (χ1) is 13.5. The highest BCUT2D eigenvalue weighted by molar-refractivity contribution is 8.26. The van der Waals surface area contributed by atoms with Crippen molar-refractivity contribution in [2.45, 2.75) is 0 Å². The van der Waals surface area contributed by atoms with Crippen molar-refractivity contribution in [3.63, 3.8) is 0 Å². The van der Waals surface area contributed by atoms with Crippen molar-refractivity contribution < 1.29 is 19.4 Å². The van der Waals surface area contributed by atoms with Crippen LogP contribution in [-0.2, 0) is 4.79 Å². The second-order valence-corrected chi connectivity index (χ2v) is 7.31. The number of nitrogens with zero attached hydrogens (tertiary/aromatic N) is 1. The van der Waals surface area contributed by atoms with Crippen molar-refractivity contribution in [1.29, 1.82) is 0 Å². The second-order valence-electron chi connectivity index (χ2n) is 5.64.